The predicted molar refractivity (Wildman–Crippen MR) is 98.6 cm³/mol. The summed E-state index contributed by atoms with van der Waals surface area (Å²) in [5, 5.41) is 5.49. The SMILES string of the molecule is COC(=O)Nc1ccc2c(c1)NC(=O)CC/C=C/C[C@H](N)c1ncc-2[nH]1. The Bertz CT molecular complexity index is 843. The van der Waals surface area contributed by atoms with Gasteiger partial charge in [0.2, 0.25) is 5.91 Å². The van der Waals surface area contributed by atoms with Crippen molar-refractivity contribution in [2.45, 2.75) is 25.3 Å². The number of anilines is 2. The molecule has 3 rings (SSSR count). The minimum absolute atomic E-state index is 0.116. The number of rotatable bonds is 1. The van der Waals surface area contributed by atoms with Gasteiger partial charge in [0.25, 0.3) is 0 Å². The molecule has 1 aromatic heterocycles. The summed E-state index contributed by atoms with van der Waals surface area (Å²) in [6, 6.07) is 4.96. The first-order valence-corrected chi connectivity index (χ1v) is 8.31. The molecule has 0 saturated heterocycles. The molecule has 0 fully saturated rings. The molecule has 0 aliphatic carbocycles. The second kappa shape index (κ2) is 7.83. The second-order valence-electron chi connectivity index (χ2n) is 5.96. The van der Waals surface area contributed by atoms with Gasteiger partial charge in [0.1, 0.15) is 5.82 Å². The molecule has 8 nitrogen and oxygen atoms in total. The van der Waals surface area contributed by atoms with E-state index in [0.29, 0.717) is 36.5 Å². The summed E-state index contributed by atoms with van der Waals surface area (Å²) < 4.78 is 4.60. The molecule has 26 heavy (non-hydrogen) atoms. The highest BCUT2D eigenvalue weighted by atomic mass is 16.5. The van der Waals surface area contributed by atoms with E-state index in [1.165, 1.54) is 7.11 Å². The van der Waals surface area contributed by atoms with E-state index >= 15 is 0 Å². The summed E-state index contributed by atoms with van der Waals surface area (Å²) in [7, 11) is 1.29. The Kier molecular flexibility index (Phi) is 5.33. The predicted octanol–water partition coefficient (Wildman–Crippen LogP) is 2.93. The van der Waals surface area contributed by atoms with Gasteiger partial charge >= 0.3 is 6.09 Å². The number of amides is 2. The maximum atomic E-state index is 12.3. The first-order valence-electron chi connectivity index (χ1n) is 8.31. The van der Waals surface area contributed by atoms with Gasteiger partial charge in [0.05, 0.1) is 30.7 Å². The minimum atomic E-state index is -0.583. The zero-order chi connectivity index (χ0) is 18.5. The van der Waals surface area contributed by atoms with Crippen molar-refractivity contribution < 1.29 is 14.3 Å². The monoisotopic (exact) mass is 355 g/mol. The van der Waals surface area contributed by atoms with Crippen molar-refractivity contribution >= 4 is 23.4 Å². The lowest BCUT2D eigenvalue weighted by Gasteiger charge is -2.12. The second-order valence-corrected chi connectivity index (χ2v) is 5.96. The van der Waals surface area contributed by atoms with E-state index in [9.17, 15) is 9.59 Å². The number of hydrogen-bond acceptors (Lipinski definition) is 5. The number of fused-ring (bicyclic) bond motifs is 4. The van der Waals surface area contributed by atoms with Crippen molar-refractivity contribution in [3.05, 3.63) is 42.4 Å². The summed E-state index contributed by atoms with van der Waals surface area (Å²) in [6.45, 7) is 0. The number of imidazole rings is 1. The van der Waals surface area contributed by atoms with Crippen LogP contribution in [-0.4, -0.2) is 29.1 Å². The van der Waals surface area contributed by atoms with Crippen molar-refractivity contribution in [3.63, 3.8) is 0 Å². The topological polar surface area (TPSA) is 122 Å². The lowest BCUT2D eigenvalue weighted by molar-refractivity contribution is -0.116. The van der Waals surface area contributed by atoms with Crippen LogP contribution in [0.25, 0.3) is 11.3 Å². The van der Waals surface area contributed by atoms with Gasteiger partial charge in [-0.3, -0.25) is 10.1 Å². The molecule has 8 heteroatoms. The van der Waals surface area contributed by atoms with Crippen molar-refractivity contribution in [3.8, 4) is 11.3 Å². The van der Waals surface area contributed by atoms with Crippen LogP contribution in [0.3, 0.4) is 0 Å². The number of aromatic nitrogens is 2. The molecular weight excluding hydrogens is 334 g/mol. The number of benzene rings is 1. The van der Waals surface area contributed by atoms with Crippen LogP contribution in [0.5, 0.6) is 0 Å². The summed E-state index contributed by atoms with van der Waals surface area (Å²) in [5.74, 6) is 0.562. The maximum absolute atomic E-state index is 12.3. The van der Waals surface area contributed by atoms with Gasteiger partial charge in [-0.2, -0.15) is 0 Å². The summed E-state index contributed by atoms with van der Waals surface area (Å²) in [4.78, 5) is 31.3. The highest BCUT2D eigenvalue weighted by molar-refractivity contribution is 5.97. The molecule has 0 spiro atoms. The maximum Gasteiger partial charge on any atom is 0.411 e. The number of carbonyl (C=O) groups excluding carboxylic acids is 2. The number of H-pyrrole nitrogens is 1. The Labute approximate surface area is 150 Å². The summed E-state index contributed by atoms with van der Waals surface area (Å²) >= 11 is 0. The molecule has 0 radical (unpaired) electrons. The van der Waals surface area contributed by atoms with Crippen LogP contribution in [-0.2, 0) is 9.53 Å². The van der Waals surface area contributed by atoms with Crippen LogP contribution >= 0.6 is 0 Å². The van der Waals surface area contributed by atoms with E-state index < -0.39 is 6.09 Å². The van der Waals surface area contributed by atoms with E-state index in [1.54, 1.807) is 24.4 Å². The lowest BCUT2D eigenvalue weighted by Crippen LogP contribution is -2.14. The van der Waals surface area contributed by atoms with Gasteiger partial charge in [0, 0.05) is 17.7 Å². The van der Waals surface area contributed by atoms with Crippen LogP contribution in [0.1, 0.15) is 31.1 Å². The largest absolute Gasteiger partial charge is 0.453 e. The van der Waals surface area contributed by atoms with E-state index in [1.807, 2.05) is 12.2 Å². The first kappa shape index (κ1) is 17.7. The van der Waals surface area contributed by atoms with E-state index in [-0.39, 0.29) is 11.9 Å². The number of nitrogens with two attached hydrogens (primary N) is 1. The molecule has 136 valence electrons. The van der Waals surface area contributed by atoms with Crippen molar-refractivity contribution in [2.75, 3.05) is 17.7 Å². The van der Waals surface area contributed by atoms with Crippen LogP contribution in [0.15, 0.2) is 36.5 Å². The molecule has 0 unspecified atom stereocenters. The van der Waals surface area contributed by atoms with E-state index in [0.717, 1.165) is 11.3 Å². The average molecular weight is 355 g/mol. The smallest absolute Gasteiger partial charge is 0.411 e. The van der Waals surface area contributed by atoms with Crippen molar-refractivity contribution in [1.29, 1.82) is 0 Å². The number of ether oxygens (including phenoxy) is 1. The molecule has 2 heterocycles. The Morgan fingerprint density at radius 1 is 1.38 bits per heavy atom. The Hall–Kier alpha value is -3.13. The quantitative estimate of drug-likeness (QED) is 0.586. The summed E-state index contributed by atoms with van der Waals surface area (Å²) in [5.41, 5.74) is 8.72. The molecule has 1 aliphatic heterocycles. The first-order chi connectivity index (χ1) is 12.6. The number of hydrogen-bond donors (Lipinski definition) is 4. The molecule has 2 bridgehead atoms. The third kappa shape index (κ3) is 4.09. The lowest BCUT2D eigenvalue weighted by atomic mass is 10.1. The molecule has 1 aliphatic rings. The van der Waals surface area contributed by atoms with Gasteiger partial charge in [0.15, 0.2) is 0 Å². The third-order valence-corrected chi connectivity index (χ3v) is 4.06. The zero-order valence-corrected chi connectivity index (χ0v) is 14.4. The minimum Gasteiger partial charge on any atom is -0.453 e. The highest BCUT2D eigenvalue weighted by Crippen LogP contribution is 2.31. The molecule has 5 N–H and O–H groups in total. The fraction of sp³-hybridized carbons (Fsp3) is 0.278. The Morgan fingerprint density at radius 3 is 3.04 bits per heavy atom. The Balaban J connectivity index is 2.00. The Morgan fingerprint density at radius 2 is 2.23 bits per heavy atom. The van der Waals surface area contributed by atoms with Crippen molar-refractivity contribution in [1.82, 2.24) is 9.97 Å². The number of carbonyl (C=O) groups is 2. The van der Waals surface area contributed by atoms with Crippen LogP contribution in [0, 0.1) is 0 Å². The van der Waals surface area contributed by atoms with Crippen LogP contribution in [0.4, 0.5) is 16.2 Å². The normalized spacial score (nSPS) is 18.4. The van der Waals surface area contributed by atoms with E-state index in [2.05, 4.69) is 25.3 Å². The van der Waals surface area contributed by atoms with Crippen LogP contribution < -0.4 is 16.4 Å². The fourth-order valence-corrected chi connectivity index (χ4v) is 2.69. The number of allylic oxidation sites excluding steroid dienone is 1. The fourth-order valence-electron chi connectivity index (χ4n) is 2.69. The van der Waals surface area contributed by atoms with Gasteiger partial charge in [-0.25, -0.2) is 9.78 Å². The number of aromatic amines is 1. The van der Waals surface area contributed by atoms with Gasteiger partial charge in [-0.05, 0) is 31.0 Å². The summed E-state index contributed by atoms with van der Waals surface area (Å²) in [6.07, 6.45) is 6.62. The van der Waals surface area contributed by atoms with Gasteiger partial charge in [-0.1, -0.05) is 12.2 Å². The highest BCUT2D eigenvalue weighted by Gasteiger charge is 2.15. The van der Waals surface area contributed by atoms with Gasteiger partial charge in [-0.15, -0.1) is 0 Å². The molecule has 1 aromatic carbocycles. The molecule has 2 amide bonds. The molecular formula is C18H21N5O3. The van der Waals surface area contributed by atoms with Crippen molar-refractivity contribution in [2.24, 2.45) is 5.73 Å². The molecule has 1 atom stereocenters. The van der Waals surface area contributed by atoms with Crippen LogP contribution in [0.2, 0.25) is 0 Å². The van der Waals surface area contributed by atoms with Gasteiger partial charge < -0.3 is 20.8 Å². The third-order valence-electron chi connectivity index (χ3n) is 4.06. The molecule has 0 saturated carbocycles. The standard InChI is InChI=1S/C18H21N5O3/c1-26-18(25)21-11-7-8-12-14(9-11)22-16(24)6-4-2-3-5-13(19)17-20-10-15(12)23-17/h2-3,7-10,13H,4-6,19H2,1H3,(H,20,23)(H,21,25)(H,22,24)/b3-2+/t13-/m0/s1. The molecule has 2 aromatic rings. The van der Waals surface area contributed by atoms with E-state index in [4.69, 9.17) is 5.73 Å². The number of nitrogens with zero attached hydrogens (tertiary/aromatic N) is 1. The number of nitrogens with one attached hydrogen (secondary N) is 3. The average Bonchev–Trinajstić information content (AvgIpc) is 3.11. The number of methoxy groups -OCH3 is 1. The zero-order valence-electron chi connectivity index (χ0n) is 14.4.